The van der Waals surface area contributed by atoms with Gasteiger partial charge in [0.05, 0.1) is 11.6 Å². The van der Waals surface area contributed by atoms with E-state index >= 15 is 0 Å². The Morgan fingerprint density at radius 2 is 1.81 bits per heavy atom. The third-order valence-electron chi connectivity index (χ3n) is 3.91. The number of aliphatic hydroxyl groups is 1. The fraction of sp³-hybridized carbons (Fsp3) is 0.211. The highest BCUT2D eigenvalue weighted by molar-refractivity contribution is 5.78. The minimum Gasteiger partial charge on any atom is -0.388 e. The Morgan fingerprint density at radius 1 is 1.00 bits per heavy atom. The molecule has 3 rings (SSSR count). The van der Waals surface area contributed by atoms with Crippen molar-refractivity contribution in [3.05, 3.63) is 78.0 Å². The first-order chi connectivity index (χ1) is 10.2. The topological polar surface area (TPSA) is 33.1 Å². The molecule has 0 radical (unpaired) electrons. The van der Waals surface area contributed by atoms with Crippen LogP contribution in [0.2, 0.25) is 0 Å². The normalized spacial score (nSPS) is 14.0. The van der Waals surface area contributed by atoms with E-state index in [-0.39, 0.29) is 5.92 Å². The van der Waals surface area contributed by atoms with Crippen LogP contribution in [0.5, 0.6) is 0 Å². The molecule has 0 amide bonds. The average molecular weight is 277 g/mol. The van der Waals surface area contributed by atoms with Gasteiger partial charge in [0.2, 0.25) is 0 Å². The van der Waals surface area contributed by atoms with Gasteiger partial charge in [0.25, 0.3) is 0 Å². The third kappa shape index (κ3) is 3.11. The number of aromatic nitrogens is 1. The molecule has 21 heavy (non-hydrogen) atoms. The second kappa shape index (κ2) is 6.06. The molecule has 106 valence electrons. The van der Waals surface area contributed by atoms with Crippen molar-refractivity contribution in [2.24, 2.45) is 5.92 Å². The molecule has 0 spiro atoms. The van der Waals surface area contributed by atoms with E-state index in [1.165, 1.54) is 5.56 Å². The van der Waals surface area contributed by atoms with E-state index in [0.29, 0.717) is 0 Å². The largest absolute Gasteiger partial charge is 0.388 e. The monoisotopic (exact) mass is 277 g/mol. The molecule has 0 aliphatic heterocycles. The second-order valence-corrected chi connectivity index (χ2v) is 5.57. The molecule has 2 unspecified atom stereocenters. The molecular formula is C19H19NO. The molecule has 2 aromatic carbocycles. The zero-order valence-corrected chi connectivity index (χ0v) is 12.1. The number of pyridine rings is 1. The van der Waals surface area contributed by atoms with E-state index in [0.717, 1.165) is 22.9 Å². The van der Waals surface area contributed by atoms with Gasteiger partial charge in [-0.1, -0.05) is 49.4 Å². The summed E-state index contributed by atoms with van der Waals surface area (Å²) >= 11 is 0. The van der Waals surface area contributed by atoms with Gasteiger partial charge in [-0.25, -0.2) is 0 Å². The minimum atomic E-state index is -0.434. The predicted molar refractivity (Wildman–Crippen MR) is 86.0 cm³/mol. The van der Waals surface area contributed by atoms with Gasteiger partial charge in [0.1, 0.15) is 0 Å². The summed E-state index contributed by atoms with van der Waals surface area (Å²) in [7, 11) is 0. The van der Waals surface area contributed by atoms with E-state index in [4.69, 9.17) is 0 Å². The Morgan fingerprint density at radius 3 is 2.62 bits per heavy atom. The van der Waals surface area contributed by atoms with Crippen LogP contribution < -0.4 is 0 Å². The van der Waals surface area contributed by atoms with E-state index in [9.17, 15) is 5.11 Å². The molecule has 0 aliphatic carbocycles. The van der Waals surface area contributed by atoms with Gasteiger partial charge in [-0.3, -0.25) is 4.98 Å². The summed E-state index contributed by atoms with van der Waals surface area (Å²) in [5, 5.41) is 11.6. The molecule has 0 fully saturated rings. The number of hydrogen-bond donors (Lipinski definition) is 1. The van der Waals surface area contributed by atoms with Crippen LogP contribution >= 0.6 is 0 Å². The predicted octanol–water partition coefficient (Wildman–Crippen LogP) is 4.15. The lowest BCUT2D eigenvalue weighted by atomic mass is 9.91. The van der Waals surface area contributed by atoms with Crippen LogP contribution in [0.25, 0.3) is 10.9 Å². The molecule has 2 atom stereocenters. The fourth-order valence-electron chi connectivity index (χ4n) is 2.71. The molecule has 0 saturated heterocycles. The molecule has 0 saturated carbocycles. The van der Waals surface area contributed by atoms with E-state index in [1.54, 1.807) is 0 Å². The highest BCUT2D eigenvalue weighted by atomic mass is 16.3. The molecule has 2 nitrogen and oxygen atoms in total. The van der Waals surface area contributed by atoms with Crippen LogP contribution in [-0.4, -0.2) is 10.1 Å². The zero-order valence-electron chi connectivity index (χ0n) is 12.1. The van der Waals surface area contributed by atoms with Crippen LogP contribution in [0.4, 0.5) is 0 Å². The molecular weight excluding hydrogens is 258 g/mol. The number of aliphatic hydroxyl groups excluding tert-OH is 1. The van der Waals surface area contributed by atoms with Gasteiger partial charge in [-0.05, 0) is 41.7 Å². The second-order valence-electron chi connectivity index (χ2n) is 5.57. The first kappa shape index (κ1) is 13.8. The smallest absolute Gasteiger partial charge is 0.0818 e. The SMILES string of the molecule is CC(Cc1ccc2ncccc2c1)C(O)c1ccccc1. The fourth-order valence-corrected chi connectivity index (χ4v) is 2.71. The Hall–Kier alpha value is -2.19. The van der Waals surface area contributed by atoms with Crippen molar-refractivity contribution < 1.29 is 5.11 Å². The summed E-state index contributed by atoms with van der Waals surface area (Å²) in [4.78, 5) is 4.33. The number of hydrogen-bond acceptors (Lipinski definition) is 2. The van der Waals surface area contributed by atoms with E-state index in [1.807, 2.05) is 48.7 Å². The number of benzene rings is 2. The average Bonchev–Trinajstić information content (AvgIpc) is 2.55. The highest BCUT2D eigenvalue weighted by Crippen LogP contribution is 2.25. The van der Waals surface area contributed by atoms with Crippen molar-refractivity contribution in [1.82, 2.24) is 4.98 Å². The van der Waals surface area contributed by atoms with Gasteiger partial charge >= 0.3 is 0 Å². The Kier molecular flexibility index (Phi) is 3.98. The van der Waals surface area contributed by atoms with Gasteiger partial charge in [-0.15, -0.1) is 0 Å². The van der Waals surface area contributed by atoms with Crippen molar-refractivity contribution in [2.45, 2.75) is 19.4 Å². The first-order valence-corrected chi connectivity index (χ1v) is 7.31. The maximum absolute atomic E-state index is 10.5. The molecule has 3 aromatic rings. The van der Waals surface area contributed by atoms with Crippen molar-refractivity contribution in [3.63, 3.8) is 0 Å². The Labute approximate surface area is 125 Å². The summed E-state index contributed by atoms with van der Waals surface area (Å²) in [5.41, 5.74) is 3.22. The molecule has 0 bridgehead atoms. The lowest BCUT2D eigenvalue weighted by Crippen LogP contribution is -2.11. The number of fused-ring (bicyclic) bond motifs is 1. The molecule has 1 aromatic heterocycles. The van der Waals surface area contributed by atoms with Gasteiger partial charge in [0, 0.05) is 11.6 Å². The summed E-state index contributed by atoms with van der Waals surface area (Å²) in [6, 6.07) is 20.2. The van der Waals surface area contributed by atoms with Gasteiger partial charge in [0.15, 0.2) is 0 Å². The number of nitrogens with zero attached hydrogens (tertiary/aromatic N) is 1. The lowest BCUT2D eigenvalue weighted by molar-refractivity contribution is 0.117. The van der Waals surface area contributed by atoms with Crippen LogP contribution in [0.3, 0.4) is 0 Å². The summed E-state index contributed by atoms with van der Waals surface area (Å²) in [6.45, 7) is 2.09. The zero-order chi connectivity index (χ0) is 14.7. The van der Waals surface area contributed by atoms with Crippen LogP contribution in [0.15, 0.2) is 66.9 Å². The van der Waals surface area contributed by atoms with Gasteiger partial charge < -0.3 is 5.11 Å². The quantitative estimate of drug-likeness (QED) is 0.777. The maximum Gasteiger partial charge on any atom is 0.0818 e. The summed E-state index contributed by atoms with van der Waals surface area (Å²) in [5.74, 6) is 0.168. The summed E-state index contributed by atoms with van der Waals surface area (Å²) < 4.78 is 0. The van der Waals surface area contributed by atoms with Crippen molar-refractivity contribution in [3.8, 4) is 0 Å². The van der Waals surface area contributed by atoms with Crippen molar-refractivity contribution in [2.75, 3.05) is 0 Å². The highest BCUT2D eigenvalue weighted by Gasteiger charge is 2.16. The maximum atomic E-state index is 10.5. The standard InChI is InChI=1S/C19H19NO/c1-14(19(21)16-6-3-2-4-7-16)12-15-9-10-18-17(13-15)8-5-11-20-18/h2-11,13-14,19,21H,12H2,1H3. The first-order valence-electron chi connectivity index (χ1n) is 7.31. The van der Waals surface area contributed by atoms with E-state index in [2.05, 4.69) is 30.1 Å². The molecule has 1 N–H and O–H groups in total. The van der Waals surface area contributed by atoms with Gasteiger partial charge in [-0.2, -0.15) is 0 Å². The lowest BCUT2D eigenvalue weighted by Gasteiger charge is -2.19. The van der Waals surface area contributed by atoms with Crippen molar-refractivity contribution in [1.29, 1.82) is 0 Å². The molecule has 1 heterocycles. The number of rotatable bonds is 4. The third-order valence-corrected chi connectivity index (χ3v) is 3.91. The van der Waals surface area contributed by atoms with Crippen molar-refractivity contribution >= 4 is 10.9 Å². The summed E-state index contributed by atoms with van der Waals surface area (Å²) in [6.07, 6.45) is 2.22. The van der Waals surface area contributed by atoms with Crippen LogP contribution in [-0.2, 0) is 6.42 Å². The Bertz CT molecular complexity index is 724. The van der Waals surface area contributed by atoms with Crippen LogP contribution in [0.1, 0.15) is 24.2 Å². The van der Waals surface area contributed by atoms with E-state index < -0.39 is 6.10 Å². The molecule has 2 heteroatoms. The van der Waals surface area contributed by atoms with Crippen LogP contribution in [0, 0.1) is 5.92 Å². The minimum absolute atomic E-state index is 0.168. The Balaban J connectivity index is 1.78. The molecule has 0 aliphatic rings.